The van der Waals surface area contributed by atoms with E-state index in [2.05, 4.69) is 45.2 Å². The molecular formula is C13H10I2O2. The van der Waals surface area contributed by atoms with Gasteiger partial charge in [-0.05, 0) is 81.6 Å². The summed E-state index contributed by atoms with van der Waals surface area (Å²) in [5.41, 5.74) is 0. The Kier molecular flexibility index (Phi) is 4.49. The van der Waals surface area contributed by atoms with Crippen LogP contribution in [-0.4, -0.2) is 7.11 Å². The van der Waals surface area contributed by atoms with Crippen LogP contribution in [0.4, 0.5) is 0 Å². The van der Waals surface area contributed by atoms with Crippen LogP contribution in [-0.2, 0) is 0 Å². The minimum Gasteiger partial charge on any atom is -0.497 e. The Morgan fingerprint density at radius 3 is 1.88 bits per heavy atom. The van der Waals surface area contributed by atoms with Crippen molar-refractivity contribution in [3.8, 4) is 17.2 Å². The highest BCUT2D eigenvalue weighted by molar-refractivity contribution is 14.1. The van der Waals surface area contributed by atoms with E-state index in [1.54, 1.807) is 7.11 Å². The Hall–Kier alpha value is -0.500. The summed E-state index contributed by atoms with van der Waals surface area (Å²) in [7, 11) is 1.65. The zero-order chi connectivity index (χ0) is 12.3. The second-order valence-electron chi connectivity index (χ2n) is 3.33. The summed E-state index contributed by atoms with van der Waals surface area (Å²) in [4.78, 5) is 0. The topological polar surface area (TPSA) is 18.5 Å². The Morgan fingerprint density at radius 1 is 0.824 bits per heavy atom. The quantitative estimate of drug-likeness (QED) is 0.630. The molecule has 0 N–H and O–H groups in total. The first-order valence-corrected chi connectivity index (χ1v) is 7.12. The first-order valence-electron chi connectivity index (χ1n) is 4.96. The molecule has 0 saturated heterocycles. The highest BCUT2D eigenvalue weighted by atomic mass is 127. The van der Waals surface area contributed by atoms with Crippen LogP contribution in [0.1, 0.15) is 0 Å². The van der Waals surface area contributed by atoms with Crippen LogP contribution in [0, 0.1) is 7.14 Å². The van der Waals surface area contributed by atoms with Crippen molar-refractivity contribution in [2.24, 2.45) is 0 Å². The van der Waals surface area contributed by atoms with Crippen LogP contribution in [0.5, 0.6) is 17.2 Å². The summed E-state index contributed by atoms with van der Waals surface area (Å²) in [6.07, 6.45) is 0. The van der Waals surface area contributed by atoms with Gasteiger partial charge in [-0.3, -0.25) is 0 Å². The molecule has 0 aliphatic heterocycles. The van der Waals surface area contributed by atoms with Gasteiger partial charge < -0.3 is 9.47 Å². The monoisotopic (exact) mass is 452 g/mol. The van der Waals surface area contributed by atoms with Crippen molar-refractivity contribution >= 4 is 45.2 Å². The molecule has 0 aliphatic carbocycles. The van der Waals surface area contributed by atoms with Crippen LogP contribution in [0.2, 0.25) is 0 Å². The Balaban J connectivity index is 2.25. The molecule has 0 aliphatic rings. The number of hydrogen-bond acceptors (Lipinski definition) is 2. The van der Waals surface area contributed by atoms with Gasteiger partial charge in [0.05, 0.1) is 14.3 Å². The van der Waals surface area contributed by atoms with Gasteiger partial charge in [0.15, 0.2) is 5.75 Å². The van der Waals surface area contributed by atoms with Crippen molar-refractivity contribution < 1.29 is 9.47 Å². The van der Waals surface area contributed by atoms with Gasteiger partial charge in [0, 0.05) is 0 Å². The predicted octanol–water partition coefficient (Wildman–Crippen LogP) is 4.70. The largest absolute Gasteiger partial charge is 0.497 e. The van der Waals surface area contributed by atoms with E-state index in [0.717, 1.165) is 24.4 Å². The lowest BCUT2D eigenvalue weighted by Crippen LogP contribution is -1.90. The van der Waals surface area contributed by atoms with Crippen molar-refractivity contribution in [2.75, 3.05) is 7.11 Å². The zero-order valence-corrected chi connectivity index (χ0v) is 13.4. The van der Waals surface area contributed by atoms with Crippen molar-refractivity contribution in [2.45, 2.75) is 0 Å². The van der Waals surface area contributed by atoms with Crippen molar-refractivity contribution in [1.29, 1.82) is 0 Å². The number of ether oxygens (including phenoxy) is 2. The minimum atomic E-state index is 0.813. The zero-order valence-electron chi connectivity index (χ0n) is 9.11. The third-order valence-electron chi connectivity index (χ3n) is 2.20. The van der Waals surface area contributed by atoms with Gasteiger partial charge in [-0.15, -0.1) is 0 Å². The number of rotatable bonds is 3. The fraction of sp³-hybridized carbons (Fsp3) is 0.0769. The maximum Gasteiger partial charge on any atom is 0.154 e. The normalized spacial score (nSPS) is 10.1. The second kappa shape index (κ2) is 5.90. The van der Waals surface area contributed by atoms with Gasteiger partial charge in [-0.1, -0.05) is 6.07 Å². The van der Waals surface area contributed by atoms with Crippen LogP contribution in [0.3, 0.4) is 0 Å². The summed E-state index contributed by atoms with van der Waals surface area (Å²) < 4.78 is 13.2. The lowest BCUT2D eigenvalue weighted by Gasteiger charge is -2.10. The fourth-order valence-corrected chi connectivity index (χ4v) is 3.07. The van der Waals surface area contributed by atoms with Crippen molar-refractivity contribution in [1.82, 2.24) is 0 Å². The SMILES string of the molecule is COc1ccc(Oc2c(I)cccc2I)cc1. The second-order valence-corrected chi connectivity index (χ2v) is 5.65. The molecule has 0 atom stereocenters. The maximum absolute atomic E-state index is 5.87. The first kappa shape index (κ1) is 12.9. The van der Waals surface area contributed by atoms with Gasteiger partial charge in [0.1, 0.15) is 11.5 Å². The molecule has 0 heterocycles. The summed E-state index contributed by atoms with van der Waals surface area (Å²) in [5.74, 6) is 2.54. The third kappa shape index (κ3) is 3.25. The lowest BCUT2D eigenvalue weighted by molar-refractivity contribution is 0.412. The molecule has 0 saturated carbocycles. The van der Waals surface area contributed by atoms with Gasteiger partial charge in [0.25, 0.3) is 0 Å². The molecule has 2 aromatic carbocycles. The molecule has 0 unspecified atom stereocenters. The molecule has 4 heteroatoms. The molecule has 2 nitrogen and oxygen atoms in total. The number of methoxy groups -OCH3 is 1. The van der Waals surface area contributed by atoms with Gasteiger partial charge in [-0.2, -0.15) is 0 Å². The average molecular weight is 452 g/mol. The predicted molar refractivity (Wildman–Crippen MR) is 84.9 cm³/mol. The molecule has 0 amide bonds. The van der Waals surface area contributed by atoms with E-state index in [-0.39, 0.29) is 0 Å². The molecule has 17 heavy (non-hydrogen) atoms. The number of benzene rings is 2. The Labute approximate surface area is 128 Å². The maximum atomic E-state index is 5.87. The fourth-order valence-electron chi connectivity index (χ4n) is 1.34. The van der Waals surface area contributed by atoms with Gasteiger partial charge in [-0.25, -0.2) is 0 Å². The van der Waals surface area contributed by atoms with E-state index in [9.17, 15) is 0 Å². The highest BCUT2D eigenvalue weighted by Crippen LogP contribution is 2.32. The smallest absolute Gasteiger partial charge is 0.154 e. The third-order valence-corrected chi connectivity index (χ3v) is 3.90. The van der Waals surface area contributed by atoms with E-state index in [1.165, 1.54) is 0 Å². The summed E-state index contributed by atoms with van der Waals surface area (Å²) in [6.45, 7) is 0. The average Bonchev–Trinajstić information content (AvgIpc) is 2.35. The molecule has 0 spiro atoms. The van der Waals surface area contributed by atoms with Crippen molar-refractivity contribution in [3.05, 3.63) is 49.6 Å². The summed E-state index contributed by atoms with van der Waals surface area (Å²) >= 11 is 4.54. The highest BCUT2D eigenvalue weighted by Gasteiger charge is 2.06. The van der Waals surface area contributed by atoms with E-state index in [0.29, 0.717) is 0 Å². The molecule has 0 aromatic heterocycles. The Bertz CT molecular complexity index is 489. The molecular weight excluding hydrogens is 442 g/mol. The first-order chi connectivity index (χ1) is 8.20. The van der Waals surface area contributed by atoms with E-state index < -0.39 is 0 Å². The van der Waals surface area contributed by atoms with E-state index >= 15 is 0 Å². The molecule has 88 valence electrons. The number of halogens is 2. The molecule has 0 fully saturated rings. The van der Waals surface area contributed by atoms with E-state index in [1.807, 2.05) is 42.5 Å². The standard InChI is InChI=1S/C13H10I2O2/c1-16-9-5-7-10(8-6-9)17-13-11(14)3-2-4-12(13)15/h2-8H,1H3. The molecule has 0 bridgehead atoms. The van der Waals surface area contributed by atoms with Gasteiger partial charge in [0.2, 0.25) is 0 Å². The van der Waals surface area contributed by atoms with Crippen LogP contribution in [0.15, 0.2) is 42.5 Å². The van der Waals surface area contributed by atoms with E-state index in [4.69, 9.17) is 9.47 Å². The minimum absolute atomic E-state index is 0.813. The summed E-state index contributed by atoms with van der Waals surface area (Å²) in [5, 5.41) is 0. The lowest BCUT2D eigenvalue weighted by atomic mass is 10.3. The molecule has 2 rings (SSSR count). The van der Waals surface area contributed by atoms with Crippen molar-refractivity contribution in [3.63, 3.8) is 0 Å². The Morgan fingerprint density at radius 2 is 1.35 bits per heavy atom. The molecule has 0 radical (unpaired) electrons. The summed E-state index contributed by atoms with van der Waals surface area (Å²) in [6, 6.07) is 13.7. The van der Waals surface area contributed by atoms with Crippen LogP contribution >= 0.6 is 45.2 Å². The van der Waals surface area contributed by atoms with Gasteiger partial charge >= 0.3 is 0 Å². The molecule has 2 aromatic rings. The van der Waals surface area contributed by atoms with Crippen LogP contribution < -0.4 is 9.47 Å². The van der Waals surface area contributed by atoms with Crippen LogP contribution in [0.25, 0.3) is 0 Å². The number of para-hydroxylation sites is 1. The number of hydrogen-bond donors (Lipinski definition) is 0.